The van der Waals surface area contributed by atoms with E-state index in [1.807, 2.05) is 36.4 Å². The highest BCUT2D eigenvalue weighted by Gasteiger charge is 2.51. The molecule has 31 heavy (non-hydrogen) atoms. The molecule has 1 aliphatic carbocycles. The number of aliphatic hydroxyl groups excluding tert-OH is 1. The molecule has 4 rings (SSSR count). The Morgan fingerprint density at radius 1 is 1.13 bits per heavy atom. The summed E-state index contributed by atoms with van der Waals surface area (Å²) in [6.07, 6.45) is 8.83. The van der Waals surface area contributed by atoms with Crippen LogP contribution in [0.25, 0.3) is 0 Å². The summed E-state index contributed by atoms with van der Waals surface area (Å²) in [4.78, 5) is 18.4. The first-order valence-electron chi connectivity index (χ1n) is 10.8. The van der Waals surface area contributed by atoms with Gasteiger partial charge in [-0.3, -0.25) is 4.98 Å². The van der Waals surface area contributed by atoms with Crippen LogP contribution in [-0.4, -0.2) is 45.8 Å². The molecule has 1 aliphatic heterocycles. The maximum absolute atomic E-state index is 12.8. The monoisotopic (exact) mass is 414 g/mol. The summed E-state index contributed by atoms with van der Waals surface area (Å²) in [5.74, 6) is 5.96. The second-order valence-corrected chi connectivity index (χ2v) is 8.16. The van der Waals surface area contributed by atoms with E-state index in [0.29, 0.717) is 0 Å². The topological polar surface area (TPSA) is 89.2 Å². The van der Waals surface area contributed by atoms with Gasteiger partial charge in [-0.1, -0.05) is 43.2 Å². The van der Waals surface area contributed by atoms with Gasteiger partial charge in [0.25, 0.3) is 0 Å². The number of nitrogens with zero attached hydrogens (tertiary/aromatic N) is 3. The number of pyridine rings is 1. The largest absolute Gasteiger partial charge is 0.394 e. The molecule has 2 N–H and O–H groups in total. The van der Waals surface area contributed by atoms with Gasteiger partial charge in [-0.2, -0.15) is 5.26 Å². The van der Waals surface area contributed by atoms with Crippen LogP contribution in [-0.2, 0) is 0 Å². The summed E-state index contributed by atoms with van der Waals surface area (Å²) in [7, 11) is 0. The number of benzene rings is 1. The summed E-state index contributed by atoms with van der Waals surface area (Å²) in [5, 5.41) is 22.8. The lowest BCUT2D eigenvalue weighted by atomic mass is 9.76. The summed E-state index contributed by atoms with van der Waals surface area (Å²) >= 11 is 0. The molecular formula is C25H26N4O2. The highest BCUT2D eigenvalue weighted by atomic mass is 16.3. The van der Waals surface area contributed by atoms with Crippen LogP contribution in [0.5, 0.6) is 0 Å². The van der Waals surface area contributed by atoms with Crippen molar-refractivity contribution in [2.45, 2.75) is 56.1 Å². The predicted molar refractivity (Wildman–Crippen MR) is 117 cm³/mol. The van der Waals surface area contributed by atoms with E-state index in [4.69, 9.17) is 0 Å². The summed E-state index contributed by atoms with van der Waals surface area (Å²) in [6.45, 7) is -0.177. The number of aliphatic hydroxyl groups is 1. The van der Waals surface area contributed by atoms with Gasteiger partial charge in [0.05, 0.1) is 18.7 Å². The SMILES string of the molecule is N#C[C@@H]1[C@@H](c2ccc(C#Cc3cccnc3)cc2)[C@@H](CO)N1C(=O)NC1CCCCC1. The van der Waals surface area contributed by atoms with E-state index in [2.05, 4.69) is 28.2 Å². The summed E-state index contributed by atoms with van der Waals surface area (Å²) < 4.78 is 0. The van der Waals surface area contributed by atoms with E-state index in [1.54, 1.807) is 12.4 Å². The maximum atomic E-state index is 12.8. The molecule has 0 unspecified atom stereocenters. The van der Waals surface area contributed by atoms with Crippen LogP contribution in [0.2, 0.25) is 0 Å². The molecule has 2 amide bonds. The number of amides is 2. The molecule has 3 atom stereocenters. The Morgan fingerprint density at radius 2 is 1.87 bits per heavy atom. The van der Waals surface area contributed by atoms with Gasteiger partial charge >= 0.3 is 6.03 Å². The number of hydrogen-bond acceptors (Lipinski definition) is 4. The molecule has 1 aromatic heterocycles. The first-order valence-corrected chi connectivity index (χ1v) is 10.8. The van der Waals surface area contributed by atoms with Gasteiger partial charge in [-0.15, -0.1) is 0 Å². The standard InChI is InChI=1S/C25H26N4O2/c26-15-22-24(23(17-30)29(22)25(31)28-21-6-2-1-3-7-21)20-12-10-18(11-13-20)8-9-19-5-4-14-27-16-19/h4-5,10-14,16,21-24,30H,1-3,6-7,17H2,(H,28,31)/t22-,23-,24-/m1/s1. The molecule has 158 valence electrons. The van der Waals surface area contributed by atoms with Crippen molar-refractivity contribution in [2.24, 2.45) is 0 Å². The number of likely N-dealkylation sites (tertiary alicyclic amines) is 1. The number of carbonyl (C=O) groups excluding carboxylic acids is 1. The van der Waals surface area contributed by atoms with Crippen molar-refractivity contribution in [3.05, 3.63) is 65.5 Å². The Hall–Kier alpha value is -3.35. The lowest BCUT2D eigenvalue weighted by molar-refractivity contribution is 0.0153. The lowest BCUT2D eigenvalue weighted by Crippen LogP contribution is -2.67. The minimum Gasteiger partial charge on any atom is -0.394 e. The number of hydrogen-bond donors (Lipinski definition) is 2. The third-order valence-corrected chi connectivity index (χ3v) is 6.21. The fourth-order valence-electron chi connectivity index (χ4n) is 4.55. The van der Waals surface area contributed by atoms with E-state index in [-0.39, 0.29) is 24.6 Å². The third kappa shape index (κ3) is 4.55. The minimum absolute atomic E-state index is 0.164. The Bertz CT molecular complexity index is 998. The molecular weight excluding hydrogens is 388 g/mol. The van der Waals surface area contributed by atoms with Crippen molar-refractivity contribution >= 4 is 6.03 Å². The van der Waals surface area contributed by atoms with E-state index in [9.17, 15) is 15.2 Å². The van der Waals surface area contributed by atoms with E-state index in [1.165, 1.54) is 11.3 Å². The average molecular weight is 415 g/mol. The lowest BCUT2D eigenvalue weighted by Gasteiger charge is -2.51. The normalized spacial score (nSPS) is 23.1. The molecule has 1 saturated heterocycles. The number of aromatic nitrogens is 1. The van der Waals surface area contributed by atoms with Crippen molar-refractivity contribution in [3.8, 4) is 17.9 Å². The number of nitrogens with one attached hydrogen (secondary N) is 1. The van der Waals surface area contributed by atoms with Gasteiger partial charge in [-0.05, 0) is 42.7 Å². The van der Waals surface area contributed by atoms with Gasteiger partial charge in [0.1, 0.15) is 6.04 Å². The second kappa shape index (κ2) is 9.64. The number of rotatable bonds is 3. The van der Waals surface area contributed by atoms with Gasteiger partial charge in [-0.25, -0.2) is 4.79 Å². The minimum atomic E-state index is -0.590. The summed E-state index contributed by atoms with van der Waals surface area (Å²) in [6, 6.07) is 12.6. The van der Waals surface area contributed by atoms with Crippen LogP contribution in [0.15, 0.2) is 48.8 Å². The molecule has 2 aromatic rings. The van der Waals surface area contributed by atoms with E-state index < -0.39 is 12.1 Å². The molecule has 0 radical (unpaired) electrons. The van der Waals surface area contributed by atoms with Gasteiger partial charge in [0, 0.05) is 35.5 Å². The average Bonchev–Trinajstić information content (AvgIpc) is 2.80. The quantitative estimate of drug-likeness (QED) is 0.755. The first-order chi connectivity index (χ1) is 15.2. The predicted octanol–water partition coefficient (Wildman–Crippen LogP) is 3.18. The molecule has 1 saturated carbocycles. The van der Waals surface area contributed by atoms with Crippen LogP contribution in [0, 0.1) is 23.2 Å². The summed E-state index contributed by atoms with van der Waals surface area (Å²) in [5.41, 5.74) is 2.63. The molecule has 2 aliphatic rings. The van der Waals surface area contributed by atoms with Crippen LogP contribution in [0.3, 0.4) is 0 Å². The zero-order valence-corrected chi connectivity index (χ0v) is 17.4. The molecule has 2 heterocycles. The van der Waals surface area contributed by atoms with Crippen molar-refractivity contribution in [1.29, 1.82) is 5.26 Å². The smallest absolute Gasteiger partial charge is 0.319 e. The van der Waals surface area contributed by atoms with Crippen LogP contribution in [0.1, 0.15) is 54.7 Å². The van der Waals surface area contributed by atoms with Gasteiger partial charge in [0.15, 0.2) is 0 Å². The van der Waals surface area contributed by atoms with Crippen LogP contribution in [0.4, 0.5) is 4.79 Å². The first kappa shape index (κ1) is 20.9. The van der Waals surface area contributed by atoms with Gasteiger partial charge in [0.2, 0.25) is 0 Å². The van der Waals surface area contributed by atoms with Crippen molar-refractivity contribution < 1.29 is 9.90 Å². The van der Waals surface area contributed by atoms with Crippen molar-refractivity contribution in [3.63, 3.8) is 0 Å². The molecule has 6 heteroatoms. The fraction of sp³-hybridized carbons (Fsp3) is 0.400. The highest BCUT2D eigenvalue weighted by molar-refractivity contribution is 5.77. The Labute approximate surface area is 182 Å². The third-order valence-electron chi connectivity index (χ3n) is 6.21. The Morgan fingerprint density at radius 3 is 2.52 bits per heavy atom. The zero-order chi connectivity index (χ0) is 21.6. The van der Waals surface area contributed by atoms with Gasteiger partial charge < -0.3 is 15.3 Å². The molecule has 2 fully saturated rings. The molecule has 0 spiro atoms. The molecule has 1 aromatic carbocycles. The number of nitriles is 1. The Balaban J connectivity index is 1.45. The van der Waals surface area contributed by atoms with Crippen molar-refractivity contribution in [2.75, 3.05) is 6.61 Å². The Kier molecular flexibility index (Phi) is 6.50. The van der Waals surface area contributed by atoms with Crippen LogP contribution < -0.4 is 5.32 Å². The van der Waals surface area contributed by atoms with Crippen LogP contribution >= 0.6 is 0 Å². The molecule has 6 nitrogen and oxygen atoms in total. The van der Waals surface area contributed by atoms with Crippen molar-refractivity contribution in [1.82, 2.24) is 15.2 Å². The highest BCUT2D eigenvalue weighted by Crippen LogP contribution is 2.40. The zero-order valence-electron chi connectivity index (χ0n) is 17.4. The second-order valence-electron chi connectivity index (χ2n) is 8.16. The number of urea groups is 1. The fourth-order valence-corrected chi connectivity index (χ4v) is 4.55. The maximum Gasteiger partial charge on any atom is 0.319 e. The number of carbonyl (C=O) groups is 1. The van der Waals surface area contributed by atoms with E-state index in [0.717, 1.165) is 42.4 Å². The van der Waals surface area contributed by atoms with E-state index >= 15 is 0 Å². The molecule has 0 bridgehead atoms.